The Balaban J connectivity index is 1.50. The average molecular weight is 542 g/mol. The van der Waals surface area contributed by atoms with Crippen LogP contribution >= 0.6 is 12.2 Å². The second-order valence-corrected chi connectivity index (χ2v) is 12.1. The predicted molar refractivity (Wildman–Crippen MR) is 135 cm³/mol. The minimum absolute atomic E-state index is 0.0335. The van der Waals surface area contributed by atoms with Crippen LogP contribution in [0.3, 0.4) is 0 Å². The highest BCUT2D eigenvalue weighted by molar-refractivity contribution is 7.89. The summed E-state index contributed by atoms with van der Waals surface area (Å²) in [4.78, 5) is 12.4. The minimum atomic E-state index is -3.83. The minimum Gasteiger partial charge on any atom is -0.379 e. The van der Waals surface area contributed by atoms with Gasteiger partial charge >= 0.3 is 0 Å². The lowest BCUT2D eigenvalue weighted by molar-refractivity contribution is -0.121. The van der Waals surface area contributed by atoms with E-state index in [9.17, 15) is 21.6 Å². The van der Waals surface area contributed by atoms with E-state index < -0.39 is 32.5 Å². The molecule has 1 saturated heterocycles. The number of likely N-dealkylation sites (N-methyl/N-ethyl adjacent to an activating group) is 1. The van der Waals surface area contributed by atoms with E-state index in [0.29, 0.717) is 32.0 Å². The molecular weight excluding hydrogens is 514 g/mol. The molecule has 1 fully saturated rings. The number of anilines is 1. The lowest BCUT2D eigenvalue weighted by Gasteiger charge is -2.26. The van der Waals surface area contributed by atoms with Crippen LogP contribution in [0.2, 0.25) is 0 Å². The zero-order valence-electron chi connectivity index (χ0n) is 19.2. The molecule has 0 unspecified atom stereocenters. The number of rotatable bonds is 7. The zero-order valence-corrected chi connectivity index (χ0v) is 21.7. The summed E-state index contributed by atoms with van der Waals surface area (Å²) in [6, 6.07) is 12.3. The number of benzene rings is 2. The van der Waals surface area contributed by atoms with Crippen LogP contribution in [0, 0.1) is 6.92 Å². The van der Waals surface area contributed by atoms with Crippen LogP contribution in [-0.4, -0.2) is 76.4 Å². The second-order valence-electron chi connectivity index (χ2n) is 7.74. The number of hydrogen-bond donors (Lipinski definition) is 3. The van der Waals surface area contributed by atoms with Crippen LogP contribution in [0.4, 0.5) is 5.69 Å². The quantitative estimate of drug-likeness (QED) is 0.341. The largest absolute Gasteiger partial charge is 0.379 e. The lowest BCUT2D eigenvalue weighted by Crippen LogP contribution is -2.48. The van der Waals surface area contributed by atoms with Gasteiger partial charge in [0.25, 0.3) is 5.91 Å². The maximum absolute atomic E-state index is 12.7. The number of morpholine rings is 1. The summed E-state index contributed by atoms with van der Waals surface area (Å²) < 4.78 is 58.0. The highest BCUT2D eigenvalue weighted by Crippen LogP contribution is 2.19. The van der Waals surface area contributed by atoms with Gasteiger partial charge in [0.2, 0.25) is 20.0 Å². The van der Waals surface area contributed by atoms with Gasteiger partial charge in [-0.15, -0.1) is 0 Å². The molecule has 2 aromatic rings. The van der Waals surface area contributed by atoms with Gasteiger partial charge in [0.1, 0.15) is 0 Å². The number of amides is 1. The van der Waals surface area contributed by atoms with Crippen molar-refractivity contribution >= 4 is 49.0 Å². The van der Waals surface area contributed by atoms with Gasteiger partial charge in [0.05, 0.1) is 29.5 Å². The van der Waals surface area contributed by atoms with Crippen molar-refractivity contribution in [2.24, 2.45) is 0 Å². The van der Waals surface area contributed by atoms with E-state index in [1.807, 2.05) is 6.92 Å². The second kappa shape index (κ2) is 11.4. The Hall–Kier alpha value is -2.62. The first-order chi connectivity index (χ1) is 16.5. The van der Waals surface area contributed by atoms with Crippen molar-refractivity contribution in [2.75, 3.05) is 45.2 Å². The van der Waals surface area contributed by atoms with Gasteiger partial charge in [-0.2, -0.15) is 8.61 Å². The van der Waals surface area contributed by atoms with Crippen molar-refractivity contribution in [1.82, 2.24) is 19.5 Å². The van der Waals surface area contributed by atoms with Crippen LogP contribution < -0.4 is 16.2 Å². The Kier molecular flexibility index (Phi) is 8.79. The Morgan fingerprint density at radius 2 is 1.54 bits per heavy atom. The number of sulfonamides is 2. The average Bonchev–Trinajstić information content (AvgIpc) is 2.84. The van der Waals surface area contributed by atoms with Gasteiger partial charge in [0.15, 0.2) is 5.11 Å². The molecule has 0 saturated carbocycles. The van der Waals surface area contributed by atoms with Gasteiger partial charge in [0, 0.05) is 25.8 Å². The molecule has 1 aliphatic heterocycles. The Labute approximate surface area is 210 Å². The van der Waals surface area contributed by atoms with E-state index in [4.69, 9.17) is 17.0 Å². The number of nitrogens with one attached hydrogen (secondary N) is 3. The van der Waals surface area contributed by atoms with Crippen LogP contribution in [0.25, 0.3) is 0 Å². The number of carbonyl (C=O) groups excluding carboxylic acids is 1. The molecule has 35 heavy (non-hydrogen) atoms. The molecule has 11 nitrogen and oxygen atoms in total. The summed E-state index contributed by atoms with van der Waals surface area (Å²) in [5.41, 5.74) is 6.24. The predicted octanol–water partition coefficient (Wildman–Crippen LogP) is 0.654. The van der Waals surface area contributed by atoms with E-state index in [-0.39, 0.29) is 14.9 Å². The third-order valence-electron chi connectivity index (χ3n) is 5.13. The summed E-state index contributed by atoms with van der Waals surface area (Å²) >= 11 is 5.13. The van der Waals surface area contributed by atoms with E-state index >= 15 is 0 Å². The highest BCUT2D eigenvalue weighted by Gasteiger charge is 2.26. The smallest absolute Gasteiger partial charge is 0.253 e. The standard InChI is InChI=1S/C21H27N5O6S3/c1-16-3-7-18(8-4-16)34(28,29)25(2)15-20(27)23-24-21(33)22-17-5-9-19(10-6-17)35(30,31)26-11-13-32-14-12-26/h3-10H,11-15H2,1-2H3,(H,23,27)(H2,22,24,33). The fraction of sp³-hybridized carbons (Fsp3) is 0.333. The molecule has 14 heteroatoms. The summed E-state index contributed by atoms with van der Waals surface area (Å²) in [6.07, 6.45) is 0. The first kappa shape index (κ1) is 27.0. The third kappa shape index (κ3) is 6.96. The number of thiocarbonyl (C=S) groups is 1. The number of hydrazine groups is 1. The highest BCUT2D eigenvalue weighted by atomic mass is 32.2. The summed E-state index contributed by atoms with van der Waals surface area (Å²) in [5.74, 6) is -0.626. The number of ether oxygens (including phenoxy) is 1. The first-order valence-electron chi connectivity index (χ1n) is 10.6. The molecule has 0 aromatic heterocycles. The molecule has 0 aliphatic carbocycles. The van der Waals surface area contributed by atoms with Crippen molar-refractivity contribution < 1.29 is 26.4 Å². The number of hydrogen-bond acceptors (Lipinski definition) is 7. The van der Waals surface area contributed by atoms with E-state index in [1.54, 1.807) is 24.3 Å². The van der Waals surface area contributed by atoms with Gasteiger partial charge in [-0.05, 0) is 55.5 Å². The van der Waals surface area contributed by atoms with E-state index in [1.165, 1.54) is 35.6 Å². The Morgan fingerprint density at radius 1 is 0.971 bits per heavy atom. The third-order valence-corrected chi connectivity index (χ3v) is 9.07. The van der Waals surface area contributed by atoms with Crippen molar-refractivity contribution in [1.29, 1.82) is 0 Å². The molecular formula is C21H27N5O6S3. The van der Waals surface area contributed by atoms with Crippen LogP contribution in [0.1, 0.15) is 5.56 Å². The van der Waals surface area contributed by atoms with Crippen molar-refractivity contribution in [2.45, 2.75) is 16.7 Å². The Morgan fingerprint density at radius 3 is 2.14 bits per heavy atom. The first-order valence-corrected chi connectivity index (χ1v) is 13.9. The van der Waals surface area contributed by atoms with Gasteiger partial charge in [-0.1, -0.05) is 17.7 Å². The van der Waals surface area contributed by atoms with Crippen LogP contribution in [-0.2, 0) is 29.6 Å². The fourth-order valence-corrected chi connectivity index (χ4v) is 5.86. The van der Waals surface area contributed by atoms with E-state index in [0.717, 1.165) is 9.87 Å². The molecule has 2 aromatic carbocycles. The number of nitrogens with zero attached hydrogens (tertiary/aromatic N) is 2. The molecule has 3 N–H and O–H groups in total. The SMILES string of the molecule is Cc1ccc(S(=O)(=O)N(C)CC(=O)NNC(=S)Nc2ccc(S(=O)(=O)N3CCOCC3)cc2)cc1. The zero-order chi connectivity index (χ0) is 25.6. The summed E-state index contributed by atoms with van der Waals surface area (Å²) in [7, 11) is -6.13. The van der Waals surface area contributed by atoms with E-state index in [2.05, 4.69) is 16.2 Å². The lowest BCUT2D eigenvalue weighted by atomic mass is 10.2. The molecule has 0 bridgehead atoms. The number of carbonyl (C=O) groups is 1. The van der Waals surface area contributed by atoms with Crippen molar-refractivity contribution in [3.8, 4) is 0 Å². The molecule has 0 radical (unpaired) electrons. The monoisotopic (exact) mass is 541 g/mol. The summed E-state index contributed by atoms with van der Waals surface area (Å²) in [5, 5.41) is 2.85. The Bertz CT molecular complexity index is 1260. The normalized spacial score (nSPS) is 14.9. The summed E-state index contributed by atoms with van der Waals surface area (Å²) in [6.45, 7) is 2.74. The topological polar surface area (TPSA) is 137 Å². The maximum atomic E-state index is 12.7. The molecule has 1 aliphatic rings. The fourth-order valence-electron chi connectivity index (χ4n) is 3.15. The van der Waals surface area contributed by atoms with Crippen LogP contribution in [0.15, 0.2) is 58.3 Å². The molecule has 190 valence electrons. The van der Waals surface area contributed by atoms with Crippen molar-refractivity contribution in [3.05, 3.63) is 54.1 Å². The molecule has 3 rings (SSSR count). The van der Waals surface area contributed by atoms with Gasteiger partial charge in [-0.3, -0.25) is 15.6 Å². The molecule has 0 spiro atoms. The number of aryl methyl sites for hydroxylation is 1. The molecule has 1 amide bonds. The van der Waals surface area contributed by atoms with Crippen LogP contribution in [0.5, 0.6) is 0 Å². The van der Waals surface area contributed by atoms with Crippen molar-refractivity contribution in [3.63, 3.8) is 0 Å². The van der Waals surface area contributed by atoms with Gasteiger partial charge < -0.3 is 10.1 Å². The molecule has 0 atom stereocenters. The molecule has 1 heterocycles. The maximum Gasteiger partial charge on any atom is 0.253 e. The van der Waals surface area contributed by atoms with Gasteiger partial charge in [-0.25, -0.2) is 16.8 Å².